The number of aromatic nitrogens is 1. The van der Waals surface area contributed by atoms with Gasteiger partial charge >= 0.3 is 0 Å². The molecule has 0 unspecified atom stereocenters. The summed E-state index contributed by atoms with van der Waals surface area (Å²) in [7, 11) is 1.62. The summed E-state index contributed by atoms with van der Waals surface area (Å²) >= 11 is 9.30. The standard InChI is InChI=1S/C13H18BrClN2O2/c1-9(2)8-17(4-5-19-3)13(18)11-6-10(14)7-16-12(11)15/h6-7,9H,4-5,8H2,1-3H3. The first kappa shape index (κ1) is 16.4. The topological polar surface area (TPSA) is 42.4 Å². The average molecular weight is 350 g/mol. The Morgan fingerprint density at radius 1 is 1.58 bits per heavy atom. The minimum absolute atomic E-state index is 0.121. The van der Waals surface area contributed by atoms with E-state index in [-0.39, 0.29) is 11.1 Å². The van der Waals surface area contributed by atoms with Gasteiger partial charge in [-0.15, -0.1) is 0 Å². The zero-order valence-corrected chi connectivity index (χ0v) is 13.7. The fraction of sp³-hybridized carbons (Fsp3) is 0.538. The molecule has 0 fully saturated rings. The van der Waals surface area contributed by atoms with Crippen LogP contribution in [0.1, 0.15) is 24.2 Å². The van der Waals surface area contributed by atoms with Crippen LogP contribution in [0, 0.1) is 5.92 Å². The molecule has 0 spiro atoms. The predicted molar refractivity (Wildman–Crippen MR) is 79.6 cm³/mol. The minimum atomic E-state index is -0.121. The maximum Gasteiger partial charge on any atom is 0.257 e. The van der Waals surface area contributed by atoms with Crippen molar-refractivity contribution in [2.75, 3.05) is 26.8 Å². The normalized spacial score (nSPS) is 10.8. The van der Waals surface area contributed by atoms with E-state index in [1.54, 1.807) is 24.3 Å². The van der Waals surface area contributed by atoms with Gasteiger partial charge in [-0.3, -0.25) is 4.79 Å². The van der Waals surface area contributed by atoms with Crippen molar-refractivity contribution in [1.82, 2.24) is 9.88 Å². The molecule has 6 heteroatoms. The lowest BCUT2D eigenvalue weighted by Gasteiger charge is -2.24. The molecule has 0 radical (unpaired) electrons. The van der Waals surface area contributed by atoms with Gasteiger partial charge in [-0.1, -0.05) is 25.4 Å². The van der Waals surface area contributed by atoms with E-state index in [4.69, 9.17) is 16.3 Å². The first-order valence-corrected chi connectivity index (χ1v) is 7.22. The second-order valence-electron chi connectivity index (χ2n) is 4.63. The Kier molecular flexibility index (Phi) is 6.75. The second kappa shape index (κ2) is 7.82. The van der Waals surface area contributed by atoms with Crippen molar-refractivity contribution in [2.24, 2.45) is 5.92 Å². The van der Waals surface area contributed by atoms with E-state index < -0.39 is 0 Å². The van der Waals surface area contributed by atoms with Gasteiger partial charge in [-0.25, -0.2) is 4.98 Å². The Hall–Kier alpha value is -0.650. The second-order valence-corrected chi connectivity index (χ2v) is 5.90. The maximum absolute atomic E-state index is 12.5. The van der Waals surface area contributed by atoms with E-state index in [2.05, 4.69) is 34.8 Å². The number of nitrogens with zero attached hydrogens (tertiary/aromatic N) is 2. The molecule has 1 aromatic rings. The van der Waals surface area contributed by atoms with Gasteiger partial charge in [-0.2, -0.15) is 0 Å². The Bertz CT molecular complexity index is 441. The fourth-order valence-electron chi connectivity index (χ4n) is 1.66. The summed E-state index contributed by atoms with van der Waals surface area (Å²) in [6.07, 6.45) is 1.57. The summed E-state index contributed by atoms with van der Waals surface area (Å²) < 4.78 is 5.77. The number of carbonyl (C=O) groups is 1. The predicted octanol–water partition coefficient (Wildman–Crippen LogP) is 3.24. The molecule has 1 amide bonds. The van der Waals surface area contributed by atoms with Gasteiger partial charge < -0.3 is 9.64 Å². The summed E-state index contributed by atoms with van der Waals surface area (Å²) in [4.78, 5) is 18.2. The summed E-state index contributed by atoms with van der Waals surface area (Å²) in [6, 6.07) is 1.69. The number of carbonyl (C=O) groups excluding carboxylic acids is 1. The average Bonchev–Trinajstić information content (AvgIpc) is 2.36. The van der Waals surface area contributed by atoms with Gasteiger partial charge in [0.25, 0.3) is 5.91 Å². The van der Waals surface area contributed by atoms with Crippen molar-refractivity contribution in [3.63, 3.8) is 0 Å². The van der Waals surface area contributed by atoms with Crippen molar-refractivity contribution in [2.45, 2.75) is 13.8 Å². The quantitative estimate of drug-likeness (QED) is 0.740. The molecule has 106 valence electrons. The van der Waals surface area contributed by atoms with Gasteiger partial charge in [0.1, 0.15) is 5.15 Å². The third-order valence-electron chi connectivity index (χ3n) is 2.47. The monoisotopic (exact) mass is 348 g/mol. The summed E-state index contributed by atoms with van der Waals surface area (Å²) in [6.45, 7) is 5.82. The van der Waals surface area contributed by atoms with Crippen molar-refractivity contribution < 1.29 is 9.53 Å². The molecule has 19 heavy (non-hydrogen) atoms. The Labute approximate surface area is 127 Å². The third-order valence-corrected chi connectivity index (χ3v) is 3.21. The van der Waals surface area contributed by atoms with Crippen LogP contribution in [0.5, 0.6) is 0 Å². The summed E-state index contributed by atoms with van der Waals surface area (Å²) in [5, 5.41) is 0.222. The third kappa shape index (κ3) is 5.09. The number of hydrogen-bond donors (Lipinski definition) is 0. The Balaban J connectivity index is 2.93. The van der Waals surface area contributed by atoms with Crippen LogP contribution < -0.4 is 0 Å². The maximum atomic E-state index is 12.5. The van der Waals surface area contributed by atoms with Gasteiger partial charge in [0.05, 0.1) is 12.2 Å². The minimum Gasteiger partial charge on any atom is -0.383 e. The molecule has 1 aromatic heterocycles. The molecule has 0 N–H and O–H groups in total. The molecule has 0 aromatic carbocycles. The number of halogens is 2. The smallest absolute Gasteiger partial charge is 0.257 e. The number of hydrogen-bond acceptors (Lipinski definition) is 3. The van der Waals surface area contributed by atoms with E-state index in [0.29, 0.717) is 31.2 Å². The molecule has 0 saturated carbocycles. The fourth-order valence-corrected chi connectivity index (χ4v) is 2.18. The molecule has 1 heterocycles. The largest absolute Gasteiger partial charge is 0.383 e. The van der Waals surface area contributed by atoms with Crippen LogP contribution in [-0.4, -0.2) is 42.6 Å². The van der Waals surface area contributed by atoms with Gasteiger partial charge in [0.2, 0.25) is 0 Å². The first-order valence-electron chi connectivity index (χ1n) is 6.05. The lowest BCUT2D eigenvalue weighted by Crippen LogP contribution is -2.37. The molecule has 4 nitrogen and oxygen atoms in total. The van der Waals surface area contributed by atoms with Gasteiger partial charge in [0, 0.05) is 30.9 Å². The van der Waals surface area contributed by atoms with Crippen LogP contribution in [0.4, 0.5) is 0 Å². The summed E-state index contributed by atoms with van der Waals surface area (Å²) in [5.74, 6) is 0.254. The lowest BCUT2D eigenvalue weighted by atomic mass is 10.2. The van der Waals surface area contributed by atoms with Crippen LogP contribution in [-0.2, 0) is 4.74 Å². The Morgan fingerprint density at radius 3 is 2.84 bits per heavy atom. The Morgan fingerprint density at radius 2 is 2.26 bits per heavy atom. The van der Waals surface area contributed by atoms with Crippen molar-refractivity contribution in [1.29, 1.82) is 0 Å². The van der Waals surface area contributed by atoms with E-state index in [9.17, 15) is 4.79 Å². The number of ether oxygens (including phenoxy) is 1. The number of pyridine rings is 1. The van der Waals surface area contributed by atoms with Crippen LogP contribution >= 0.6 is 27.5 Å². The van der Waals surface area contributed by atoms with E-state index >= 15 is 0 Å². The molecule has 0 saturated heterocycles. The molecule has 0 aliphatic carbocycles. The van der Waals surface area contributed by atoms with E-state index in [1.165, 1.54) is 0 Å². The lowest BCUT2D eigenvalue weighted by molar-refractivity contribution is 0.0672. The molecule has 1 rings (SSSR count). The van der Waals surface area contributed by atoms with Crippen LogP contribution in [0.3, 0.4) is 0 Å². The number of amides is 1. The van der Waals surface area contributed by atoms with Crippen LogP contribution in [0.2, 0.25) is 5.15 Å². The van der Waals surface area contributed by atoms with Crippen molar-refractivity contribution >= 4 is 33.4 Å². The van der Waals surface area contributed by atoms with E-state index in [1.807, 2.05) is 0 Å². The van der Waals surface area contributed by atoms with Gasteiger partial charge in [0.15, 0.2) is 0 Å². The summed E-state index contributed by atoms with van der Waals surface area (Å²) in [5.41, 5.74) is 0.410. The zero-order chi connectivity index (χ0) is 14.4. The van der Waals surface area contributed by atoms with Crippen molar-refractivity contribution in [3.8, 4) is 0 Å². The van der Waals surface area contributed by atoms with Gasteiger partial charge in [-0.05, 0) is 27.9 Å². The molecule has 0 bridgehead atoms. The highest BCUT2D eigenvalue weighted by atomic mass is 79.9. The highest BCUT2D eigenvalue weighted by Gasteiger charge is 2.20. The number of rotatable bonds is 6. The first-order chi connectivity index (χ1) is 8.95. The van der Waals surface area contributed by atoms with Crippen molar-refractivity contribution in [3.05, 3.63) is 27.5 Å². The molecule has 0 aliphatic rings. The highest BCUT2D eigenvalue weighted by Crippen LogP contribution is 2.20. The van der Waals surface area contributed by atoms with E-state index in [0.717, 1.165) is 4.47 Å². The van der Waals surface area contributed by atoms with Crippen LogP contribution in [0.25, 0.3) is 0 Å². The molecular weight excluding hydrogens is 332 g/mol. The highest BCUT2D eigenvalue weighted by molar-refractivity contribution is 9.10. The molecular formula is C13H18BrClN2O2. The molecule has 0 aliphatic heterocycles. The van der Waals surface area contributed by atoms with Crippen LogP contribution in [0.15, 0.2) is 16.7 Å². The SMILES string of the molecule is COCCN(CC(C)C)C(=O)c1cc(Br)cnc1Cl. The zero-order valence-electron chi connectivity index (χ0n) is 11.3. The number of methoxy groups -OCH3 is 1. The molecule has 0 atom stereocenters.